The summed E-state index contributed by atoms with van der Waals surface area (Å²) in [5.41, 5.74) is 4.41. The van der Waals surface area contributed by atoms with Gasteiger partial charge < -0.3 is 5.43 Å². The molecule has 1 rings (SSSR count). The van der Waals surface area contributed by atoms with Crippen LogP contribution in [0.4, 0.5) is 0 Å². The molecule has 0 unspecified atom stereocenters. The molecule has 9 heavy (non-hydrogen) atoms. The maximum absolute atomic E-state index is 3.07. The molecule has 0 radical (unpaired) electrons. The second kappa shape index (κ2) is 2.58. The Morgan fingerprint density at radius 3 is 2.89 bits per heavy atom. The lowest BCUT2D eigenvalue weighted by Crippen LogP contribution is -2.26. The molecule has 0 spiro atoms. The van der Waals surface area contributed by atoms with Gasteiger partial charge >= 0.3 is 0 Å². The molecule has 1 N–H and O–H groups in total. The van der Waals surface area contributed by atoms with Crippen LogP contribution < -0.4 is 5.43 Å². The van der Waals surface area contributed by atoms with Crippen molar-refractivity contribution >= 4 is 0 Å². The molecular formula is C7H12N2. The van der Waals surface area contributed by atoms with Gasteiger partial charge in [-0.05, 0) is 18.1 Å². The second-order valence-electron chi connectivity index (χ2n) is 2.13. The van der Waals surface area contributed by atoms with Crippen LogP contribution in [0, 0.1) is 0 Å². The molecule has 0 fully saturated rings. The fraction of sp³-hybridized carbons (Fsp3) is 0.429. The molecule has 1 heterocycles. The first kappa shape index (κ1) is 6.20. The fourth-order valence-electron chi connectivity index (χ4n) is 0.703. The van der Waals surface area contributed by atoms with Crippen molar-refractivity contribution in [1.29, 1.82) is 0 Å². The molecule has 50 valence electrons. The predicted molar refractivity (Wildman–Crippen MR) is 38.4 cm³/mol. The van der Waals surface area contributed by atoms with E-state index < -0.39 is 0 Å². The molecule has 0 aliphatic carbocycles. The van der Waals surface area contributed by atoms with Crippen molar-refractivity contribution in [1.82, 2.24) is 10.4 Å². The van der Waals surface area contributed by atoms with Crippen LogP contribution >= 0.6 is 0 Å². The van der Waals surface area contributed by atoms with Crippen molar-refractivity contribution in [2.24, 2.45) is 0 Å². The largest absolute Gasteiger partial charge is 0.306 e. The van der Waals surface area contributed by atoms with E-state index in [0.717, 1.165) is 6.42 Å². The molecule has 2 heteroatoms. The minimum atomic E-state index is 1.09. The normalized spacial score (nSPS) is 17.1. The van der Waals surface area contributed by atoms with Gasteiger partial charge in [-0.1, -0.05) is 6.92 Å². The first-order valence-corrected chi connectivity index (χ1v) is 3.19. The lowest BCUT2D eigenvalue weighted by molar-refractivity contribution is 0.379. The predicted octanol–water partition coefficient (Wildman–Crippen LogP) is 1.24. The average molecular weight is 124 g/mol. The first-order chi connectivity index (χ1) is 4.33. The van der Waals surface area contributed by atoms with Crippen molar-refractivity contribution < 1.29 is 0 Å². The van der Waals surface area contributed by atoms with Gasteiger partial charge in [0.1, 0.15) is 0 Å². The van der Waals surface area contributed by atoms with Gasteiger partial charge in [-0.15, -0.1) is 0 Å². The number of hydrogen-bond acceptors (Lipinski definition) is 2. The Morgan fingerprint density at radius 2 is 2.44 bits per heavy atom. The number of hydrogen-bond donors (Lipinski definition) is 1. The quantitative estimate of drug-likeness (QED) is 0.566. The van der Waals surface area contributed by atoms with Gasteiger partial charge in [-0.2, -0.15) is 0 Å². The van der Waals surface area contributed by atoms with Crippen LogP contribution in [0.1, 0.15) is 13.3 Å². The van der Waals surface area contributed by atoms with Gasteiger partial charge in [0.05, 0.1) is 0 Å². The van der Waals surface area contributed by atoms with Gasteiger partial charge in [0.25, 0.3) is 0 Å². The zero-order chi connectivity index (χ0) is 6.69. The Balaban J connectivity index is 2.52. The third-order valence-corrected chi connectivity index (χ3v) is 1.37. The fourth-order valence-corrected chi connectivity index (χ4v) is 0.703. The third kappa shape index (κ3) is 1.49. The highest BCUT2D eigenvalue weighted by Gasteiger charge is 1.94. The highest BCUT2D eigenvalue weighted by molar-refractivity contribution is 5.19. The summed E-state index contributed by atoms with van der Waals surface area (Å²) < 4.78 is 0. The summed E-state index contributed by atoms with van der Waals surface area (Å²) in [6.07, 6.45) is 7.23. The molecule has 0 saturated carbocycles. The molecule has 2 nitrogen and oxygen atoms in total. The highest BCUT2D eigenvalue weighted by Crippen LogP contribution is 2.04. The number of hydrazine groups is 1. The zero-order valence-corrected chi connectivity index (χ0v) is 5.89. The standard InChI is InChI=1S/C7H12N2/c1-3-7-4-5-9(2)8-6-7/h4-6,8H,3H2,1-2H3. The molecule has 0 aromatic carbocycles. The minimum Gasteiger partial charge on any atom is -0.306 e. The van der Waals surface area contributed by atoms with Crippen molar-refractivity contribution in [2.75, 3.05) is 7.05 Å². The minimum absolute atomic E-state index is 1.09. The van der Waals surface area contributed by atoms with Crippen LogP contribution in [0.15, 0.2) is 24.0 Å². The SMILES string of the molecule is CCC1=CNN(C)C=C1. The van der Waals surface area contributed by atoms with Crippen LogP contribution in [0.5, 0.6) is 0 Å². The van der Waals surface area contributed by atoms with Crippen LogP contribution in [0.2, 0.25) is 0 Å². The van der Waals surface area contributed by atoms with E-state index in [1.807, 2.05) is 24.5 Å². The number of nitrogens with zero attached hydrogens (tertiary/aromatic N) is 1. The van der Waals surface area contributed by atoms with Gasteiger partial charge in [0, 0.05) is 19.4 Å². The van der Waals surface area contributed by atoms with Crippen molar-refractivity contribution in [3.8, 4) is 0 Å². The summed E-state index contributed by atoms with van der Waals surface area (Å²) in [5.74, 6) is 0. The molecule has 0 aromatic heterocycles. The number of rotatable bonds is 1. The Labute approximate surface area is 55.8 Å². The van der Waals surface area contributed by atoms with Crippen LogP contribution in [-0.2, 0) is 0 Å². The van der Waals surface area contributed by atoms with E-state index in [2.05, 4.69) is 18.4 Å². The van der Waals surface area contributed by atoms with E-state index in [0.29, 0.717) is 0 Å². The molecule has 0 amide bonds. The van der Waals surface area contributed by atoms with Gasteiger partial charge in [-0.25, -0.2) is 0 Å². The molecule has 0 aromatic rings. The van der Waals surface area contributed by atoms with Gasteiger partial charge in [0.15, 0.2) is 0 Å². The maximum Gasteiger partial charge on any atom is 0.0274 e. The molecular weight excluding hydrogens is 112 g/mol. The topological polar surface area (TPSA) is 15.3 Å². The summed E-state index contributed by atoms with van der Waals surface area (Å²) in [6, 6.07) is 0. The van der Waals surface area contributed by atoms with Crippen molar-refractivity contribution in [2.45, 2.75) is 13.3 Å². The van der Waals surface area contributed by atoms with E-state index in [1.54, 1.807) is 0 Å². The van der Waals surface area contributed by atoms with E-state index in [-0.39, 0.29) is 0 Å². The summed E-state index contributed by atoms with van der Waals surface area (Å²) in [4.78, 5) is 0. The van der Waals surface area contributed by atoms with Crippen LogP contribution in [0.25, 0.3) is 0 Å². The Bertz CT molecular complexity index is 147. The molecule has 0 atom stereocenters. The molecule has 0 saturated heterocycles. The summed E-state index contributed by atoms with van der Waals surface area (Å²) >= 11 is 0. The summed E-state index contributed by atoms with van der Waals surface area (Å²) in [5, 5.41) is 1.92. The number of nitrogens with one attached hydrogen (secondary N) is 1. The van der Waals surface area contributed by atoms with Gasteiger partial charge in [-0.3, -0.25) is 5.01 Å². The Morgan fingerprint density at radius 1 is 1.67 bits per heavy atom. The van der Waals surface area contributed by atoms with E-state index in [1.165, 1.54) is 5.57 Å². The molecule has 1 aliphatic heterocycles. The van der Waals surface area contributed by atoms with E-state index >= 15 is 0 Å². The molecule has 0 bridgehead atoms. The summed E-state index contributed by atoms with van der Waals surface area (Å²) in [7, 11) is 1.97. The monoisotopic (exact) mass is 124 g/mol. The van der Waals surface area contributed by atoms with E-state index in [4.69, 9.17) is 0 Å². The van der Waals surface area contributed by atoms with E-state index in [9.17, 15) is 0 Å². The third-order valence-electron chi connectivity index (χ3n) is 1.37. The van der Waals surface area contributed by atoms with Crippen LogP contribution in [0.3, 0.4) is 0 Å². The zero-order valence-electron chi connectivity index (χ0n) is 5.89. The molecule has 1 aliphatic rings. The smallest absolute Gasteiger partial charge is 0.0274 e. The second-order valence-corrected chi connectivity index (χ2v) is 2.13. The average Bonchev–Trinajstić information content (AvgIpc) is 1.90. The van der Waals surface area contributed by atoms with Crippen molar-refractivity contribution in [3.05, 3.63) is 24.0 Å². The first-order valence-electron chi connectivity index (χ1n) is 3.19. The lowest BCUT2D eigenvalue weighted by atomic mass is 10.2. The summed E-state index contributed by atoms with van der Waals surface area (Å²) in [6.45, 7) is 2.14. The van der Waals surface area contributed by atoms with Gasteiger partial charge in [0.2, 0.25) is 0 Å². The lowest BCUT2D eigenvalue weighted by Gasteiger charge is -2.18. The van der Waals surface area contributed by atoms with Crippen LogP contribution in [-0.4, -0.2) is 12.1 Å². The number of allylic oxidation sites excluding steroid dienone is 2. The highest BCUT2D eigenvalue weighted by atomic mass is 15.5. The maximum atomic E-state index is 3.07. The Hall–Kier alpha value is -0.920. The Kier molecular flexibility index (Phi) is 1.78. The van der Waals surface area contributed by atoms with Crippen molar-refractivity contribution in [3.63, 3.8) is 0 Å².